The van der Waals surface area contributed by atoms with Crippen LogP contribution in [0.1, 0.15) is 25.2 Å². The van der Waals surface area contributed by atoms with Gasteiger partial charge in [-0.1, -0.05) is 37.3 Å². The van der Waals surface area contributed by atoms with E-state index >= 15 is 0 Å². The van der Waals surface area contributed by atoms with E-state index in [1.165, 1.54) is 19.2 Å². The zero-order valence-corrected chi connectivity index (χ0v) is 15.5. The van der Waals surface area contributed by atoms with Crippen molar-refractivity contribution in [2.24, 2.45) is 0 Å². The third-order valence-corrected chi connectivity index (χ3v) is 5.57. The third kappa shape index (κ3) is 3.95. The predicted octanol–water partition coefficient (Wildman–Crippen LogP) is 3.51. The van der Waals surface area contributed by atoms with Crippen LogP contribution in [-0.2, 0) is 10.0 Å². The van der Waals surface area contributed by atoms with Crippen molar-refractivity contribution in [3.63, 3.8) is 0 Å². The van der Waals surface area contributed by atoms with Gasteiger partial charge >= 0.3 is 0 Å². The number of rotatable bonds is 7. The molecule has 1 aromatic heterocycles. The minimum absolute atomic E-state index is 0.187. The van der Waals surface area contributed by atoms with Crippen molar-refractivity contribution in [2.75, 3.05) is 7.11 Å². The Morgan fingerprint density at radius 2 is 1.81 bits per heavy atom. The van der Waals surface area contributed by atoms with Crippen LogP contribution in [0.3, 0.4) is 0 Å². The summed E-state index contributed by atoms with van der Waals surface area (Å²) in [6.45, 7) is 1.91. The Balaban J connectivity index is 1.81. The van der Waals surface area contributed by atoms with Crippen LogP contribution in [0.25, 0.3) is 11.3 Å². The second-order valence-electron chi connectivity index (χ2n) is 5.81. The lowest BCUT2D eigenvalue weighted by Gasteiger charge is -2.15. The van der Waals surface area contributed by atoms with Crippen LogP contribution in [0.4, 0.5) is 0 Å². The Morgan fingerprint density at radius 3 is 2.42 bits per heavy atom. The Morgan fingerprint density at radius 1 is 1.12 bits per heavy atom. The van der Waals surface area contributed by atoms with E-state index in [-0.39, 0.29) is 4.90 Å². The molecule has 0 saturated heterocycles. The molecule has 0 fully saturated rings. The molecule has 6 nitrogen and oxygen atoms in total. The fraction of sp³-hybridized carbons (Fsp3) is 0.211. The molecule has 0 aliphatic rings. The SMILES string of the molecule is CCC(NS(=O)(=O)c1ccc(OC)cc1)c1ncc(-c2ccccc2)[nH]1. The molecule has 0 bridgehead atoms. The fourth-order valence-electron chi connectivity index (χ4n) is 2.62. The topological polar surface area (TPSA) is 84.1 Å². The molecule has 0 spiro atoms. The first-order chi connectivity index (χ1) is 12.5. The van der Waals surface area contributed by atoms with Crippen LogP contribution < -0.4 is 9.46 Å². The van der Waals surface area contributed by atoms with Crippen LogP contribution in [0.2, 0.25) is 0 Å². The van der Waals surface area contributed by atoms with Gasteiger partial charge in [-0.15, -0.1) is 0 Å². The lowest BCUT2D eigenvalue weighted by Crippen LogP contribution is -2.29. The molecule has 3 rings (SSSR count). The van der Waals surface area contributed by atoms with Crippen molar-refractivity contribution >= 4 is 10.0 Å². The van der Waals surface area contributed by atoms with Gasteiger partial charge in [0, 0.05) is 0 Å². The molecule has 0 amide bonds. The predicted molar refractivity (Wildman–Crippen MR) is 100 cm³/mol. The summed E-state index contributed by atoms with van der Waals surface area (Å²) in [7, 11) is -2.13. The van der Waals surface area contributed by atoms with E-state index in [9.17, 15) is 8.42 Å². The molecular weight excluding hydrogens is 350 g/mol. The van der Waals surface area contributed by atoms with Gasteiger partial charge in [0.15, 0.2) is 0 Å². The van der Waals surface area contributed by atoms with Gasteiger partial charge in [0.2, 0.25) is 10.0 Å². The first-order valence-corrected chi connectivity index (χ1v) is 9.78. The van der Waals surface area contributed by atoms with Crippen molar-refractivity contribution in [3.8, 4) is 17.0 Å². The summed E-state index contributed by atoms with van der Waals surface area (Å²) in [6, 6.07) is 15.6. The molecule has 0 aliphatic carbocycles. The minimum atomic E-state index is -3.67. The monoisotopic (exact) mass is 371 g/mol. The van der Waals surface area contributed by atoms with E-state index in [1.54, 1.807) is 18.3 Å². The van der Waals surface area contributed by atoms with Crippen LogP contribution >= 0.6 is 0 Å². The second kappa shape index (κ2) is 7.72. The number of imidazole rings is 1. The third-order valence-electron chi connectivity index (χ3n) is 4.09. The summed E-state index contributed by atoms with van der Waals surface area (Å²) in [5.41, 5.74) is 1.85. The molecule has 1 heterocycles. The quantitative estimate of drug-likeness (QED) is 0.666. The molecule has 26 heavy (non-hydrogen) atoms. The van der Waals surface area contributed by atoms with Gasteiger partial charge in [-0.2, -0.15) is 0 Å². The van der Waals surface area contributed by atoms with Crippen molar-refractivity contribution in [1.29, 1.82) is 0 Å². The molecule has 0 saturated carbocycles. The largest absolute Gasteiger partial charge is 0.497 e. The van der Waals surface area contributed by atoms with Gasteiger partial charge in [-0.05, 0) is 36.2 Å². The highest BCUT2D eigenvalue weighted by molar-refractivity contribution is 7.89. The van der Waals surface area contributed by atoms with E-state index in [0.29, 0.717) is 18.0 Å². The molecule has 3 aromatic rings. The number of methoxy groups -OCH3 is 1. The smallest absolute Gasteiger partial charge is 0.241 e. The molecule has 1 unspecified atom stereocenters. The van der Waals surface area contributed by atoms with Gasteiger partial charge in [-0.3, -0.25) is 0 Å². The van der Waals surface area contributed by atoms with E-state index < -0.39 is 16.1 Å². The summed E-state index contributed by atoms with van der Waals surface area (Å²) >= 11 is 0. The lowest BCUT2D eigenvalue weighted by atomic mass is 10.2. The summed E-state index contributed by atoms with van der Waals surface area (Å²) in [4.78, 5) is 7.77. The maximum absolute atomic E-state index is 12.7. The zero-order valence-electron chi connectivity index (χ0n) is 14.6. The molecule has 0 aliphatic heterocycles. The average molecular weight is 371 g/mol. The maximum Gasteiger partial charge on any atom is 0.241 e. The van der Waals surface area contributed by atoms with E-state index in [1.807, 2.05) is 37.3 Å². The Bertz CT molecular complexity index is 951. The molecule has 1 atom stereocenters. The second-order valence-corrected chi connectivity index (χ2v) is 7.52. The van der Waals surface area contributed by atoms with Gasteiger partial charge in [-0.25, -0.2) is 18.1 Å². The molecule has 0 radical (unpaired) electrons. The van der Waals surface area contributed by atoms with Crippen molar-refractivity contribution < 1.29 is 13.2 Å². The van der Waals surface area contributed by atoms with Crippen molar-refractivity contribution in [3.05, 3.63) is 66.6 Å². The van der Waals surface area contributed by atoms with Gasteiger partial charge < -0.3 is 9.72 Å². The number of H-pyrrole nitrogens is 1. The maximum atomic E-state index is 12.7. The van der Waals surface area contributed by atoms with Crippen molar-refractivity contribution in [2.45, 2.75) is 24.3 Å². The normalized spacial score (nSPS) is 12.7. The number of hydrogen-bond donors (Lipinski definition) is 2. The number of aromatic nitrogens is 2. The summed E-state index contributed by atoms with van der Waals surface area (Å²) < 4.78 is 33.1. The highest BCUT2D eigenvalue weighted by Gasteiger charge is 2.22. The number of nitrogens with zero attached hydrogens (tertiary/aromatic N) is 1. The Hall–Kier alpha value is -2.64. The number of ether oxygens (including phenoxy) is 1. The van der Waals surface area contributed by atoms with E-state index in [2.05, 4.69) is 14.7 Å². The number of sulfonamides is 1. The highest BCUT2D eigenvalue weighted by Crippen LogP contribution is 2.23. The first kappa shape index (κ1) is 18.2. The number of benzene rings is 2. The molecule has 2 aromatic carbocycles. The molecular formula is C19H21N3O3S. The molecule has 7 heteroatoms. The van der Waals surface area contributed by atoms with Gasteiger partial charge in [0.25, 0.3) is 0 Å². The lowest BCUT2D eigenvalue weighted by molar-refractivity contribution is 0.414. The van der Waals surface area contributed by atoms with Crippen LogP contribution in [0.15, 0.2) is 65.7 Å². The Labute approximate surface area is 153 Å². The van der Waals surface area contributed by atoms with Crippen LogP contribution in [0.5, 0.6) is 5.75 Å². The fourth-order valence-corrected chi connectivity index (χ4v) is 3.90. The first-order valence-electron chi connectivity index (χ1n) is 8.30. The standard InChI is InChI=1S/C19H21N3O3S/c1-3-17(19-20-13-18(21-19)14-7-5-4-6-8-14)22-26(23,24)16-11-9-15(25-2)10-12-16/h4-13,17,22H,3H2,1-2H3,(H,20,21). The summed E-state index contributed by atoms with van der Waals surface area (Å²) in [6.07, 6.45) is 2.28. The highest BCUT2D eigenvalue weighted by atomic mass is 32.2. The number of hydrogen-bond acceptors (Lipinski definition) is 4. The van der Waals surface area contributed by atoms with Gasteiger partial charge in [0.05, 0.1) is 29.9 Å². The van der Waals surface area contributed by atoms with Crippen LogP contribution in [-0.4, -0.2) is 25.5 Å². The minimum Gasteiger partial charge on any atom is -0.497 e. The average Bonchev–Trinajstić information content (AvgIpc) is 3.17. The summed E-state index contributed by atoms with van der Waals surface area (Å²) in [5, 5.41) is 0. The zero-order chi connectivity index (χ0) is 18.6. The molecule has 2 N–H and O–H groups in total. The van der Waals surface area contributed by atoms with Crippen molar-refractivity contribution in [1.82, 2.24) is 14.7 Å². The number of aromatic amines is 1. The van der Waals surface area contributed by atoms with Crippen LogP contribution in [0, 0.1) is 0 Å². The Kier molecular flexibility index (Phi) is 5.39. The van der Waals surface area contributed by atoms with Gasteiger partial charge in [0.1, 0.15) is 11.6 Å². The molecule has 136 valence electrons. The van der Waals surface area contributed by atoms with E-state index in [0.717, 1.165) is 11.3 Å². The van der Waals surface area contributed by atoms with E-state index in [4.69, 9.17) is 4.74 Å². The summed E-state index contributed by atoms with van der Waals surface area (Å²) in [5.74, 6) is 1.19. The number of nitrogens with one attached hydrogen (secondary N) is 2.